The van der Waals surface area contributed by atoms with Gasteiger partial charge in [0.25, 0.3) is 0 Å². The summed E-state index contributed by atoms with van der Waals surface area (Å²) in [5.74, 6) is 1.55. The standard InChI is InChI=1S/C21H28ClN3O2/c1-26-20-4-2-3-18(15-24-11-14-25-12-9-23-10-13-25)21(20)27-16-17-5-7-19(22)8-6-17/h2-8,23-24H,9-16H2,1H3. The molecule has 0 amide bonds. The van der Waals surface area contributed by atoms with E-state index in [1.54, 1.807) is 7.11 Å². The third-order valence-corrected chi connectivity index (χ3v) is 4.96. The molecular weight excluding hydrogens is 362 g/mol. The van der Waals surface area contributed by atoms with Gasteiger partial charge in [0.1, 0.15) is 6.61 Å². The molecule has 2 aromatic carbocycles. The highest BCUT2D eigenvalue weighted by Gasteiger charge is 2.12. The summed E-state index contributed by atoms with van der Waals surface area (Å²) < 4.78 is 11.6. The van der Waals surface area contributed by atoms with Crippen LogP contribution < -0.4 is 20.1 Å². The predicted octanol–water partition coefficient (Wildman–Crippen LogP) is 2.92. The Kier molecular flexibility index (Phi) is 7.78. The van der Waals surface area contributed by atoms with Crippen LogP contribution in [0, 0.1) is 0 Å². The van der Waals surface area contributed by atoms with Crippen molar-refractivity contribution in [3.8, 4) is 11.5 Å². The molecule has 3 rings (SSSR count). The maximum absolute atomic E-state index is 6.11. The van der Waals surface area contributed by atoms with Crippen LogP contribution in [0.25, 0.3) is 0 Å². The number of hydrogen-bond donors (Lipinski definition) is 2. The Hall–Kier alpha value is -1.79. The Bertz CT molecular complexity index is 703. The topological polar surface area (TPSA) is 45.8 Å². The summed E-state index contributed by atoms with van der Waals surface area (Å²) in [6, 6.07) is 13.7. The number of ether oxygens (including phenoxy) is 2. The molecule has 2 N–H and O–H groups in total. The van der Waals surface area contributed by atoms with E-state index in [0.29, 0.717) is 6.61 Å². The van der Waals surface area contributed by atoms with Crippen LogP contribution in [0.1, 0.15) is 11.1 Å². The lowest BCUT2D eigenvalue weighted by Crippen LogP contribution is -2.45. The average molecular weight is 390 g/mol. The molecular formula is C21H28ClN3O2. The van der Waals surface area contributed by atoms with Gasteiger partial charge in [-0.1, -0.05) is 35.9 Å². The van der Waals surface area contributed by atoms with E-state index >= 15 is 0 Å². The normalized spacial score (nSPS) is 14.9. The molecule has 6 heteroatoms. The van der Waals surface area contributed by atoms with Crippen LogP contribution in [0.4, 0.5) is 0 Å². The van der Waals surface area contributed by atoms with Gasteiger partial charge in [-0.25, -0.2) is 0 Å². The molecule has 0 unspecified atom stereocenters. The van der Waals surface area contributed by atoms with Crippen molar-refractivity contribution < 1.29 is 9.47 Å². The molecule has 0 bridgehead atoms. The Balaban J connectivity index is 1.56. The van der Waals surface area contributed by atoms with Crippen molar-refractivity contribution in [2.75, 3.05) is 46.4 Å². The van der Waals surface area contributed by atoms with E-state index in [1.807, 2.05) is 36.4 Å². The van der Waals surface area contributed by atoms with Gasteiger partial charge in [-0.05, 0) is 23.8 Å². The number of hydrogen-bond acceptors (Lipinski definition) is 5. The molecule has 0 spiro atoms. The van der Waals surface area contributed by atoms with Crippen molar-refractivity contribution in [3.63, 3.8) is 0 Å². The van der Waals surface area contributed by atoms with Crippen molar-refractivity contribution in [2.45, 2.75) is 13.2 Å². The molecule has 146 valence electrons. The van der Waals surface area contributed by atoms with Gasteiger partial charge < -0.3 is 20.1 Å². The lowest BCUT2D eigenvalue weighted by Gasteiger charge is -2.27. The molecule has 0 aliphatic carbocycles. The quantitative estimate of drug-likeness (QED) is 0.646. The number of nitrogens with zero attached hydrogens (tertiary/aromatic N) is 1. The van der Waals surface area contributed by atoms with Crippen LogP contribution in [-0.2, 0) is 13.2 Å². The predicted molar refractivity (Wildman–Crippen MR) is 110 cm³/mol. The Labute approximate surface area is 166 Å². The van der Waals surface area contributed by atoms with Gasteiger partial charge in [0.05, 0.1) is 7.11 Å². The number of methoxy groups -OCH3 is 1. The highest BCUT2D eigenvalue weighted by Crippen LogP contribution is 2.31. The SMILES string of the molecule is COc1cccc(CNCCN2CCNCC2)c1OCc1ccc(Cl)cc1. The monoisotopic (exact) mass is 389 g/mol. The van der Waals surface area contributed by atoms with E-state index in [9.17, 15) is 0 Å². The van der Waals surface area contributed by atoms with Crippen LogP contribution in [-0.4, -0.2) is 51.3 Å². The Morgan fingerprint density at radius 1 is 1.11 bits per heavy atom. The fourth-order valence-electron chi connectivity index (χ4n) is 3.16. The van der Waals surface area contributed by atoms with Gasteiger partial charge in [-0.2, -0.15) is 0 Å². The summed E-state index contributed by atoms with van der Waals surface area (Å²) in [6.07, 6.45) is 0. The first-order chi connectivity index (χ1) is 13.3. The molecule has 0 atom stereocenters. The highest BCUT2D eigenvalue weighted by molar-refractivity contribution is 6.30. The fourth-order valence-corrected chi connectivity index (χ4v) is 3.28. The zero-order valence-corrected chi connectivity index (χ0v) is 16.6. The van der Waals surface area contributed by atoms with Crippen molar-refractivity contribution in [2.24, 2.45) is 0 Å². The van der Waals surface area contributed by atoms with Crippen LogP contribution in [0.3, 0.4) is 0 Å². The number of rotatable bonds is 9. The molecule has 1 fully saturated rings. The van der Waals surface area contributed by atoms with E-state index in [0.717, 1.165) is 73.5 Å². The highest BCUT2D eigenvalue weighted by atomic mass is 35.5. The van der Waals surface area contributed by atoms with E-state index in [2.05, 4.69) is 21.6 Å². The Morgan fingerprint density at radius 2 is 1.89 bits per heavy atom. The van der Waals surface area contributed by atoms with Crippen molar-refractivity contribution >= 4 is 11.6 Å². The molecule has 2 aromatic rings. The van der Waals surface area contributed by atoms with Gasteiger partial charge >= 0.3 is 0 Å². The second-order valence-corrected chi connectivity index (χ2v) is 7.07. The van der Waals surface area contributed by atoms with Crippen molar-refractivity contribution in [3.05, 3.63) is 58.6 Å². The van der Waals surface area contributed by atoms with E-state index in [-0.39, 0.29) is 0 Å². The summed E-state index contributed by atoms with van der Waals surface area (Å²) in [6.45, 7) is 7.65. The number of para-hydroxylation sites is 1. The van der Waals surface area contributed by atoms with E-state index in [1.165, 1.54) is 0 Å². The number of piperazine rings is 1. The molecule has 5 nitrogen and oxygen atoms in total. The largest absolute Gasteiger partial charge is 0.493 e. The fraction of sp³-hybridized carbons (Fsp3) is 0.429. The van der Waals surface area contributed by atoms with E-state index < -0.39 is 0 Å². The molecule has 0 aromatic heterocycles. The molecule has 0 radical (unpaired) electrons. The molecule has 27 heavy (non-hydrogen) atoms. The number of halogens is 1. The first-order valence-electron chi connectivity index (χ1n) is 9.43. The molecule has 1 aliphatic heterocycles. The zero-order valence-electron chi connectivity index (χ0n) is 15.8. The molecule has 1 heterocycles. The molecule has 0 saturated carbocycles. The maximum Gasteiger partial charge on any atom is 0.166 e. The maximum atomic E-state index is 6.11. The summed E-state index contributed by atoms with van der Waals surface area (Å²) in [4.78, 5) is 2.48. The lowest BCUT2D eigenvalue weighted by atomic mass is 10.1. The van der Waals surface area contributed by atoms with Gasteiger partial charge in [-0.3, -0.25) is 4.90 Å². The average Bonchev–Trinajstić information content (AvgIpc) is 2.72. The minimum absolute atomic E-state index is 0.478. The van der Waals surface area contributed by atoms with Crippen LogP contribution in [0.2, 0.25) is 5.02 Å². The van der Waals surface area contributed by atoms with Crippen LogP contribution in [0.5, 0.6) is 11.5 Å². The van der Waals surface area contributed by atoms with Crippen molar-refractivity contribution in [1.82, 2.24) is 15.5 Å². The van der Waals surface area contributed by atoms with Gasteiger partial charge in [-0.15, -0.1) is 0 Å². The minimum Gasteiger partial charge on any atom is -0.493 e. The van der Waals surface area contributed by atoms with Gasteiger partial charge in [0.15, 0.2) is 11.5 Å². The molecule has 1 saturated heterocycles. The zero-order chi connectivity index (χ0) is 18.9. The third kappa shape index (κ3) is 6.11. The van der Waals surface area contributed by atoms with Crippen molar-refractivity contribution in [1.29, 1.82) is 0 Å². The van der Waals surface area contributed by atoms with Gasteiger partial charge in [0.2, 0.25) is 0 Å². The van der Waals surface area contributed by atoms with E-state index in [4.69, 9.17) is 21.1 Å². The smallest absolute Gasteiger partial charge is 0.166 e. The summed E-state index contributed by atoms with van der Waals surface area (Å²) in [5.41, 5.74) is 2.17. The number of benzene rings is 2. The summed E-state index contributed by atoms with van der Waals surface area (Å²) >= 11 is 5.95. The third-order valence-electron chi connectivity index (χ3n) is 4.71. The van der Waals surface area contributed by atoms with Gasteiger partial charge in [0, 0.05) is 56.4 Å². The second-order valence-electron chi connectivity index (χ2n) is 6.63. The van der Waals surface area contributed by atoms with Crippen LogP contribution in [0.15, 0.2) is 42.5 Å². The second kappa shape index (κ2) is 10.5. The minimum atomic E-state index is 0.478. The summed E-state index contributed by atoms with van der Waals surface area (Å²) in [5, 5.41) is 7.64. The summed E-state index contributed by atoms with van der Waals surface area (Å²) in [7, 11) is 1.67. The first-order valence-corrected chi connectivity index (χ1v) is 9.81. The van der Waals surface area contributed by atoms with Crippen LogP contribution >= 0.6 is 11.6 Å². The Morgan fingerprint density at radius 3 is 2.63 bits per heavy atom. The molecule has 1 aliphatic rings. The first kappa shape index (κ1) is 20.0. The lowest BCUT2D eigenvalue weighted by molar-refractivity contribution is 0.240. The number of nitrogens with one attached hydrogen (secondary N) is 2.